The molecule has 7 nitrogen and oxygen atoms in total. The highest BCUT2D eigenvalue weighted by Gasteiger charge is 2.31. The molecule has 1 aromatic rings. The molecule has 0 aliphatic carbocycles. The van der Waals surface area contributed by atoms with Crippen molar-refractivity contribution in [1.82, 2.24) is 8.61 Å². The molecule has 0 aromatic heterocycles. The van der Waals surface area contributed by atoms with Crippen LogP contribution in [0, 0.1) is 0 Å². The molecule has 1 aliphatic heterocycles. The van der Waals surface area contributed by atoms with Crippen LogP contribution < -0.4 is 4.74 Å². The van der Waals surface area contributed by atoms with E-state index in [2.05, 4.69) is 0 Å². The van der Waals surface area contributed by atoms with Gasteiger partial charge in [-0.15, -0.1) is 0 Å². The van der Waals surface area contributed by atoms with Gasteiger partial charge in [0.1, 0.15) is 11.9 Å². The molecule has 128 valence electrons. The van der Waals surface area contributed by atoms with E-state index in [4.69, 9.17) is 9.84 Å². The molecule has 2 rings (SSSR count). The maximum absolute atomic E-state index is 12.2. The normalized spacial score (nSPS) is 17.3. The molecule has 0 spiro atoms. The first kappa shape index (κ1) is 17.7. The minimum atomic E-state index is -3.38. The molecule has 0 atom stereocenters. The van der Waals surface area contributed by atoms with Gasteiger partial charge in [0.15, 0.2) is 0 Å². The maximum atomic E-state index is 12.2. The van der Waals surface area contributed by atoms with E-state index >= 15 is 0 Å². The Labute approximate surface area is 136 Å². The summed E-state index contributed by atoms with van der Waals surface area (Å²) < 4.78 is 33.1. The molecule has 0 radical (unpaired) electrons. The van der Waals surface area contributed by atoms with Gasteiger partial charge in [-0.25, -0.2) is 4.79 Å². The summed E-state index contributed by atoms with van der Waals surface area (Å²) in [5, 5.41) is 8.86. The fourth-order valence-electron chi connectivity index (χ4n) is 2.41. The number of hydrogen-bond acceptors (Lipinski definition) is 4. The summed E-state index contributed by atoms with van der Waals surface area (Å²) in [5.41, 5.74) is 0.209. The van der Waals surface area contributed by atoms with Gasteiger partial charge in [-0.05, 0) is 37.1 Å². The standard InChI is InChI=1S/C15H22N2O5S/c1-3-16(2)23(20,21)17-10-8-14(9-11-17)22-13-6-4-12(5-7-13)15(18)19/h4-7,14H,3,8-11H2,1-2H3,(H,18,19). The number of aromatic carboxylic acids is 1. The van der Waals surface area contributed by atoms with Crippen molar-refractivity contribution in [2.45, 2.75) is 25.9 Å². The molecule has 8 heteroatoms. The quantitative estimate of drug-likeness (QED) is 0.845. The van der Waals surface area contributed by atoms with Gasteiger partial charge in [0.25, 0.3) is 10.2 Å². The highest BCUT2D eigenvalue weighted by molar-refractivity contribution is 7.86. The van der Waals surface area contributed by atoms with Crippen molar-refractivity contribution in [2.75, 3.05) is 26.7 Å². The third kappa shape index (κ3) is 4.21. The summed E-state index contributed by atoms with van der Waals surface area (Å²) in [4.78, 5) is 10.8. The molecule has 0 unspecified atom stereocenters. The summed E-state index contributed by atoms with van der Waals surface area (Å²) in [6.07, 6.45) is 1.15. The summed E-state index contributed by atoms with van der Waals surface area (Å²) in [6.45, 7) is 3.08. The SMILES string of the molecule is CCN(C)S(=O)(=O)N1CCC(Oc2ccc(C(=O)O)cc2)CC1. The van der Waals surface area contributed by atoms with Gasteiger partial charge in [-0.2, -0.15) is 17.0 Å². The van der Waals surface area contributed by atoms with Crippen LogP contribution in [0.15, 0.2) is 24.3 Å². The predicted octanol–water partition coefficient (Wildman–Crippen LogP) is 1.42. The van der Waals surface area contributed by atoms with E-state index in [9.17, 15) is 13.2 Å². The van der Waals surface area contributed by atoms with Crippen LogP contribution in [0.3, 0.4) is 0 Å². The van der Waals surface area contributed by atoms with Crippen molar-refractivity contribution in [1.29, 1.82) is 0 Å². The fraction of sp³-hybridized carbons (Fsp3) is 0.533. The van der Waals surface area contributed by atoms with Gasteiger partial charge in [0, 0.05) is 26.7 Å². The average molecular weight is 342 g/mol. The Balaban J connectivity index is 1.91. The van der Waals surface area contributed by atoms with Crippen LogP contribution in [0.25, 0.3) is 0 Å². The molecule has 1 N–H and O–H groups in total. The maximum Gasteiger partial charge on any atom is 0.335 e. The van der Waals surface area contributed by atoms with Gasteiger partial charge in [-0.1, -0.05) is 6.92 Å². The van der Waals surface area contributed by atoms with Crippen molar-refractivity contribution in [3.8, 4) is 5.75 Å². The molecule has 0 saturated carbocycles. The summed E-state index contributed by atoms with van der Waals surface area (Å²) >= 11 is 0. The van der Waals surface area contributed by atoms with Crippen LogP contribution >= 0.6 is 0 Å². The number of carbonyl (C=O) groups is 1. The first-order valence-electron chi connectivity index (χ1n) is 7.56. The Morgan fingerprint density at radius 2 is 1.87 bits per heavy atom. The molecule has 0 bridgehead atoms. The Morgan fingerprint density at radius 1 is 1.30 bits per heavy atom. The highest BCUT2D eigenvalue weighted by Crippen LogP contribution is 2.21. The van der Waals surface area contributed by atoms with E-state index in [0.717, 1.165) is 0 Å². The lowest BCUT2D eigenvalue weighted by molar-refractivity contribution is 0.0697. The average Bonchev–Trinajstić information content (AvgIpc) is 2.55. The van der Waals surface area contributed by atoms with Gasteiger partial charge in [-0.3, -0.25) is 0 Å². The number of nitrogens with zero attached hydrogens (tertiary/aromatic N) is 2. The molecule has 1 fully saturated rings. The molecule has 1 saturated heterocycles. The van der Waals surface area contributed by atoms with Gasteiger partial charge in [0.2, 0.25) is 0 Å². The Bertz CT molecular complexity index is 636. The topological polar surface area (TPSA) is 87.2 Å². The predicted molar refractivity (Wildman–Crippen MR) is 85.8 cm³/mol. The second-order valence-electron chi connectivity index (χ2n) is 5.47. The highest BCUT2D eigenvalue weighted by atomic mass is 32.2. The van der Waals surface area contributed by atoms with E-state index in [0.29, 0.717) is 38.2 Å². The zero-order valence-corrected chi connectivity index (χ0v) is 14.1. The van der Waals surface area contributed by atoms with Crippen LogP contribution in [0.1, 0.15) is 30.1 Å². The Morgan fingerprint density at radius 3 is 2.35 bits per heavy atom. The van der Waals surface area contributed by atoms with Crippen LogP contribution in [0.5, 0.6) is 5.75 Å². The lowest BCUT2D eigenvalue weighted by Crippen LogP contribution is -2.47. The van der Waals surface area contributed by atoms with Gasteiger partial charge in [0.05, 0.1) is 5.56 Å². The minimum Gasteiger partial charge on any atom is -0.490 e. The molecule has 1 aromatic carbocycles. The molecule has 0 amide bonds. The molecular weight excluding hydrogens is 320 g/mol. The second kappa shape index (κ2) is 7.29. The van der Waals surface area contributed by atoms with Crippen LogP contribution in [0.2, 0.25) is 0 Å². The van der Waals surface area contributed by atoms with Crippen molar-refractivity contribution in [2.24, 2.45) is 0 Å². The number of rotatable bonds is 6. The van der Waals surface area contributed by atoms with Crippen molar-refractivity contribution in [3.63, 3.8) is 0 Å². The lowest BCUT2D eigenvalue weighted by atomic mass is 10.1. The van der Waals surface area contributed by atoms with Crippen LogP contribution in [0.4, 0.5) is 0 Å². The summed E-state index contributed by atoms with van der Waals surface area (Å²) in [6, 6.07) is 6.23. The van der Waals surface area contributed by atoms with E-state index in [1.54, 1.807) is 26.1 Å². The van der Waals surface area contributed by atoms with Gasteiger partial charge >= 0.3 is 5.97 Å². The number of carboxylic acids is 1. The minimum absolute atomic E-state index is 0.0657. The zero-order chi connectivity index (χ0) is 17.0. The molecule has 1 heterocycles. The molecule has 1 aliphatic rings. The first-order chi connectivity index (χ1) is 10.8. The zero-order valence-electron chi connectivity index (χ0n) is 13.3. The summed E-state index contributed by atoms with van der Waals surface area (Å²) in [5.74, 6) is -0.378. The lowest BCUT2D eigenvalue weighted by Gasteiger charge is -2.33. The van der Waals surface area contributed by atoms with E-state index in [-0.39, 0.29) is 11.7 Å². The van der Waals surface area contributed by atoms with Crippen LogP contribution in [-0.4, -0.2) is 60.9 Å². The van der Waals surface area contributed by atoms with E-state index in [1.807, 2.05) is 0 Å². The fourth-order valence-corrected chi connectivity index (χ4v) is 3.80. The van der Waals surface area contributed by atoms with Crippen molar-refractivity contribution in [3.05, 3.63) is 29.8 Å². The van der Waals surface area contributed by atoms with Crippen molar-refractivity contribution < 1.29 is 23.1 Å². The third-order valence-electron chi connectivity index (χ3n) is 3.97. The number of piperidine rings is 1. The van der Waals surface area contributed by atoms with E-state index < -0.39 is 16.2 Å². The molecular formula is C15H22N2O5S. The monoisotopic (exact) mass is 342 g/mol. The largest absolute Gasteiger partial charge is 0.490 e. The Hall–Kier alpha value is -1.64. The third-order valence-corrected chi connectivity index (χ3v) is 6.03. The summed E-state index contributed by atoms with van der Waals surface area (Å²) in [7, 11) is -1.81. The number of benzene rings is 1. The second-order valence-corrected chi connectivity index (χ2v) is 7.50. The van der Waals surface area contributed by atoms with E-state index in [1.165, 1.54) is 20.7 Å². The number of hydrogen-bond donors (Lipinski definition) is 1. The van der Waals surface area contributed by atoms with Crippen LogP contribution in [-0.2, 0) is 10.2 Å². The number of ether oxygens (including phenoxy) is 1. The number of carboxylic acid groups (broad SMARTS) is 1. The molecule has 23 heavy (non-hydrogen) atoms. The van der Waals surface area contributed by atoms with Crippen molar-refractivity contribution >= 4 is 16.2 Å². The van der Waals surface area contributed by atoms with Gasteiger partial charge < -0.3 is 9.84 Å². The smallest absolute Gasteiger partial charge is 0.335 e. The Kier molecular flexibility index (Phi) is 5.61. The first-order valence-corrected chi connectivity index (χ1v) is 8.95.